The minimum Gasteiger partial charge on any atom is -0.480 e. The van der Waals surface area contributed by atoms with E-state index in [1.807, 2.05) is 18.7 Å². The summed E-state index contributed by atoms with van der Waals surface area (Å²) in [5.74, 6) is -1.34. The molecule has 0 saturated carbocycles. The molecule has 0 amide bonds. The van der Waals surface area contributed by atoms with Crippen molar-refractivity contribution in [3.05, 3.63) is 34.1 Å². The SMILES string of the molecule is CCN(CC)[C@@](C)(C(=O)O)c1ccc(F)c(Br)c1. The molecule has 0 unspecified atom stereocenters. The van der Waals surface area contributed by atoms with Crippen LogP contribution in [0.25, 0.3) is 0 Å². The Hall–Kier alpha value is -0.940. The summed E-state index contributed by atoms with van der Waals surface area (Å²) in [6.45, 7) is 6.66. The number of carboxylic acid groups (broad SMARTS) is 1. The van der Waals surface area contributed by atoms with E-state index in [1.165, 1.54) is 18.2 Å². The highest BCUT2D eigenvalue weighted by molar-refractivity contribution is 9.10. The number of nitrogens with zero attached hydrogens (tertiary/aromatic N) is 1. The van der Waals surface area contributed by atoms with Gasteiger partial charge in [-0.15, -0.1) is 0 Å². The first-order valence-corrected chi connectivity index (χ1v) is 6.61. The maximum atomic E-state index is 13.2. The number of aliphatic carboxylic acids is 1. The molecule has 100 valence electrons. The Morgan fingerprint density at radius 1 is 1.44 bits per heavy atom. The topological polar surface area (TPSA) is 40.5 Å². The van der Waals surface area contributed by atoms with E-state index in [2.05, 4.69) is 15.9 Å². The average Bonchev–Trinajstić information content (AvgIpc) is 2.33. The molecule has 0 heterocycles. The molecule has 1 aromatic carbocycles. The van der Waals surface area contributed by atoms with Crippen LogP contribution in [-0.4, -0.2) is 29.1 Å². The number of hydrogen-bond donors (Lipinski definition) is 1. The van der Waals surface area contributed by atoms with Crippen molar-refractivity contribution in [2.24, 2.45) is 0 Å². The van der Waals surface area contributed by atoms with Crippen molar-refractivity contribution in [1.82, 2.24) is 4.90 Å². The number of rotatable bonds is 5. The zero-order valence-electron chi connectivity index (χ0n) is 10.7. The first kappa shape index (κ1) is 15.1. The van der Waals surface area contributed by atoms with Crippen LogP contribution in [0.4, 0.5) is 4.39 Å². The van der Waals surface area contributed by atoms with E-state index in [4.69, 9.17) is 0 Å². The van der Waals surface area contributed by atoms with Gasteiger partial charge in [0.1, 0.15) is 11.4 Å². The molecule has 1 N–H and O–H groups in total. The van der Waals surface area contributed by atoms with Crippen LogP contribution in [0.2, 0.25) is 0 Å². The van der Waals surface area contributed by atoms with Gasteiger partial charge in [-0.2, -0.15) is 0 Å². The number of benzene rings is 1. The van der Waals surface area contributed by atoms with E-state index < -0.39 is 17.3 Å². The number of halogens is 2. The van der Waals surface area contributed by atoms with Gasteiger partial charge in [-0.05, 0) is 53.6 Å². The van der Waals surface area contributed by atoms with Gasteiger partial charge in [-0.3, -0.25) is 4.90 Å². The van der Waals surface area contributed by atoms with Gasteiger partial charge >= 0.3 is 5.97 Å². The Bertz CT molecular complexity index is 449. The predicted molar refractivity (Wildman–Crippen MR) is 72.0 cm³/mol. The second-order valence-electron chi connectivity index (χ2n) is 4.18. The second kappa shape index (κ2) is 5.80. The fourth-order valence-corrected chi connectivity index (χ4v) is 2.48. The minimum absolute atomic E-state index is 0.277. The standard InChI is InChI=1S/C13H17BrFNO2/c1-4-16(5-2)13(3,12(17)18)9-6-7-11(15)10(14)8-9/h6-8H,4-5H2,1-3H3,(H,17,18)/t13-/m1/s1. The van der Waals surface area contributed by atoms with Crippen molar-refractivity contribution in [2.75, 3.05) is 13.1 Å². The van der Waals surface area contributed by atoms with Crippen molar-refractivity contribution < 1.29 is 14.3 Å². The van der Waals surface area contributed by atoms with E-state index in [0.29, 0.717) is 18.7 Å². The molecule has 3 nitrogen and oxygen atoms in total. The summed E-state index contributed by atoms with van der Waals surface area (Å²) in [5.41, 5.74) is -0.591. The van der Waals surface area contributed by atoms with Gasteiger partial charge < -0.3 is 5.11 Å². The Kier molecular flexibility index (Phi) is 4.87. The fraction of sp³-hybridized carbons (Fsp3) is 0.462. The zero-order chi connectivity index (χ0) is 13.9. The minimum atomic E-state index is -1.15. The third kappa shape index (κ3) is 2.57. The summed E-state index contributed by atoms with van der Waals surface area (Å²) in [6, 6.07) is 4.33. The molecule has 1 atom stereocenters. The molecule has 0 aliphatic rings. The van der Waals surface area contributed by atoms with Crippen molar-refractivity contribution in [3.63, 3.8) is 0 Å². The molecular formula is C13H17BrFNO2. The lowest BCUT2D eigenvalue weighted by Gasteiger charge is -2.37. The van der Waals surface area contributed by atoms with Crippen LogP contribution in [0.5, 0.6) is 0 Å². The molecule has 0 bridgehead atoms. The van der Waals surface area contributed by atoms with Gasteiger partial charge in [0, 0.05) is 0 Å². The largest absolute Gasteiger partial charge is 0.480 e. The summed E-state index contributed by atoms with van der Waals surface area (Å²) in [5, 5.41) is 9.53. The van der Waals surface area contributed by atoms with E-state index >= 15 is 0 Å². The van der Waals surface area contributed by atoms with Crippen LogP contribution < -0.4 is 0 Å². The van der Waals surface area contributed by atoms with Gasteiger partial charge in [-0.25, -0.2) is 9.18 Å². The Labute approximate surface area is 115 Å². The lowest BCUT2D eigenvalue weighted by Crippen LogP contribution is -2.49. The molecule has 0 aliphatic carbocycles. The summed E-state index contributed by atoms with van der Waals surface area (Å²) < 4.78 is 13.5. The average molecular weight is 318 g/mol. The summed E-state index contributed by atoms with van der Waals surface area (Å²) in [4.78, 5) is 13.5. The third-order valence-corrected chi connectivity index (χ3v) is 3.90. The lowest BCUT2D eigenvalue weighted by molar-refractivity contribution is -0.151. The van der Waals surface area contributed by atoms with Crippen LogP contribution in [0.15, 0.2) is 22.7 Å². The van der Waals surface area contributed by atoms with Gasteiger partial charge in [0.25, 0.3) is 0 Å². The van der Waals surface area contributed by atoms with E-state index in [-0.39, 0.29) is 4.47 Å². The molecule has 0 spiro atoms. The third-order valence-electron chi connectivity index (χ3n) is 3.29. The van der Waals surface area contributed by atoms with Crippen LogP contribution in [0, 0.1) is 5.82 Å². The highest BCUT2D eigenvalue weighted by atomic mass is 79.9. The van der Waals surface area contributed by atoms with Gasteiger partial charge in [0.2, 0.25) is 0 Å². The second-order valence-corrected chi connectivity index (χ2v) is 5.03. The highest BCUT2D eigenvalue weighted by Crippen LogP contribution is 2.31. The molecule has 18 heavy (non-hydrogen) atoms. The van der Waals surface area contributed by atoms with Gasteiger partial charge in [0.15, 0.2) is 0 Å². The molecule has 0 aliphatic heterocycles. The first-order chi connectivity index (χ1) is 8.37. The molecule has 1 rings (SSSR count). The van der Waals surface area contributed by atoms with E-state index in [9.17, 15) is 14.3 Å². The monoisotopic (exact) mass is 317 g/mol. The normalized spacial score (nSPS) is 14.6. The Morgan fingerprint density at radius 3 is 2.39 bits per heavy atom. The summed E-state index contributed by atoms with van der Waals surface area (Å²) in [7, 11) is 0. The van der Waals surface area contributed by atoms with Crippen molar-refractivity contribution >= 4 is 21.9 Å². The molecule has 1 aromatic rings. The first-order valence-electron chi connectivity index (χ1n) is 5.81. The Morgan fingerprint density at radius 2 is 2.00 bits per heavy atom. The van der Waals surface area contributed by atoms with Crippen LogP contribution in [0.3, 0.4) is 0 Å². The van der Waals surface area contributed by atoms with Crippen molar-refractivity contribution in [1.29, 1.82) is 0 Å². The number of carboxylic acids is 1. The zero-order valence-corrected chi connectivity index (χ0v) is 12.3. The summed E-state index contributed by atoms with van der Waals surface area (Å²) in [6.07, 6.45) is 0. The molecular weight excluding hydrogens is 301 g/mol. The van der Waals surface area contributed by atoms with Gasteiger partial charge in [-0.1, -0.05) is 19.9 Å². The number of likely N-dealkylation sites (N-methyl/N-ethyl adjacent to an activating group) is 1. The fourth-order valence-electron chi connectivity index (χ4n) is 2.10. The van der Waals surface area contributed by atoms with Crippen LogP contribution in [0.1, 0.15) is 26.3 Å². The van der Waals surface area contributed by atoms with E-state index in [0.717, 1.165) is 0 Å². The smallest absolute Gasteiger partial charge is 0.328 e. The van der Waals surface area contributed by atoms with E-state index in [1.54, 1.807) is 6.92 Å². The molecule has 0 radical (unpaired) electrons. The molecule has 0 aromatic heterocycles. The lowest BCUT2D eigenvalue weighted by atomic mass is 9.90. The predicted octanol–water partition coefficient (Wildman–Crippen LogP) is 3.23. The molecule has 0 saturated heterocycles. The van der Waals surface area contributed by atoms with Crippen LogP contribution >= 0.6 is 15.9 Å². The molecule has 5 heteroatoms. The number of carbonyl (C=O) groups is 1. The maximum absolute atomic E-state index is 13.2. The number of hydrogen-bond acceptors (Lipinski definition) is 2. The quantitative estimate of drug-likeness (QED) is 0.906. The van der Waals surface area contributed by atoms with Crippen molar-refractivity contribution in [3.8, 4) is 0 Å². The molecule has 0 fully saturated rings. The van der Waals surface area contributed by atoms with Gasteiger partial charge in [0.05, 0.1) is 4.47 Å². The highest BCUT2D eigenvalue weighted by Gasteiger charge is 2.40. The van der Waals surface area contributed by atoms with Crippen LogP contribution in [-0.2, 0) is 10.3 Å². The maximum Gasteiger partial charge on any atom is 0.328 e. The Balaban J connectivity index is 3.35. The van der Waals surface area contributed by atoms with Crippen molar-refractivity contribution in [2.45, 2.75) is 26.3 Å². The summed E-state index contributed by atoms with van der Waals surface area (Å²) >= 11 is 3.09.